The quantitative estimate of drug-likeness (QED) is 0.781. The van der Waals surface area contributed by atoms with Gasteiger partial charge in [0.1, 0.15) is 11.2 Å². The van der Waals surface area contributed by atoms with Crippen molar-refractivity contribution in [3.05, 3.63) is 23.5 Å². The highest BCUT2D eigenvalue weighted by molar-refractivity contribution is 7.16. The molecule has 0 spiro atoms. The fourth-order valence-corrected chi connectivity index (χ4v) is 2.15. The molecule has 2 aromatic rings. The van der Waals surface area contributed by atoms with Crippen molar-refractivity contribution >= 4 is 21.6 Å². The zero-order chi connectivity index (χ0) is 9.97. The van der Waals surface area contributed by atoms with E-state index in [9.17, 15) is 0 Å². The lowest BCUT2D eigenvalue weighted by molar-refractivity contribution is 0.266. The summed E-state index contributed by atoms with van der Waals surface area (Å²) in [7, 11) is 0. The number of rotatable bonds is 3. The smallest absolute Gasteiger partial charge is 0.126 e. The van der Waals surface area contributed by atoms with Crippen LogP contribution in [0.4, 0.5) is 0 Å². The zero-order valence-electron chi connectivity index (χ0n) is 7.55. The topological polar surface area (TPSA) is 72.0 Å². The molecule has 14 heavy (non-hydrogen) atoms. The number of nitrogens with two attached hydrogens (primary N) is 1. The maximum atomic E-state index is 9.14. The Labute approximate surface area is 85.4 Å². The van der Waals surface area contributed by atoms with E-state index in [1.54, 1.807) is 11.3 Å². The predicted molar refractivity (Wildman–Crippen MR) is 56.3 cm³/mol. The monoisotopic (exact) mass is 209 g/mol. The Morgan fingerprint density at radius 1 is 1.50 bits per heavy atom. The van der Waals surface area contributed by atoms with Crippen LogP contribution in [-0.4, -0.2) is 28.2 Å². The summed E-state index contributed by atoms with van der Waals surface area (Å²) < 4.78 is 0. The summed E-state index contributed by atoms with van der Waals surface area (Å²) in [6, 6.07) is 1.97. The third kappa shape index (κ3) is 1.50. The second-order valence-electron chi connectivity index (χ2n) is 3.01. The molecule has 74 valence electrons. The summed E-state index contributed by atoms with van der Waals surface area (Å²) in [4.78, 5) is 9.26. The fraction of sp³-hybridized carbons (Fsp3) is 0.333. The number of aliphatic hydroxyl groups is 1. The van der Waals surface area contributed by atoms with E-state index in [0.717, 1.165) is 15.9 Å². The molecule has 0 saturated carbocycles. The van der Waals surface area contributed by atoms with Gasteiger partial charge >= 0.3 is 0 Å². The minimum Gasteiger partial charge on any atom is -0.396 e. The van der Waals surface area contributed by atoms with E-state index in [-0.39, 0.29) is 12.5 Å². The lowest BCUT2D eigenvalue weighted by Crippen LogP contribution is -2.17. The molecule has 0 radical (unpaired) electrons. The highest BCUT2D eigenvalue weighted by atomic mass is 32.1. The van der Waals surface area contributed by atoms with Crippen molar-refractivity contribution in [1.82, 2.24) is 9.97 Å². The summed E-state index contributed by atoms with van der Waals surface area (Å²) in [6.45, 7) is 0.428. The van der Waals surface area contributed by atoms with Gasteiger partial charge in [0.2, 0.25) is 0 Å². The minimum atomic E-state index is -0.0879. The van der Waals surface area contributed by atoms with Gasteiger partial charge in [0.05, 0.1) is 12.3 Å². The average Bonchev–Trinajstić information content (AvgIpc) is 2.68. The van der Waals surface area contributed by atoms with Gasteiger partial charge in [-0.25, -0.2) is 9.97 Å². The molecular weight excluding hydrogens is 198 g/mol. The molecule has 2 heterocycles. The van der Waals surface area contributed by atoms with Crippen LogP contribution in [0.1, 0.15) is 11.6 Å². The Hall–Kier alpha value is -1.04. The summed E-state index contributed by atoms with van der Waals surface area (Å²) in [5, 5.41) is 12.1. The van der Waals surface area contributed by atoms with E-state index < -0.39 is 0 Å². The lowest BCUT2D eigenvalue weighted by Gasteiger charge is -2.10. The normalized spacial score (nSPS) is 13.3. The summed E-state index contributed by atoms with van der Waals surface area (Å²) >= 11 is 1.57. The second-order valence-corrected chi connectivity index (χ2v) is 3.91. The largest absolute Gasteiger partial charge is 0.396 e. The number of aromatic nitrogens is 2. The highest BCUT2D eigenvalue weighted by Gasteiger charge is 2.14. The van der Waals surface area contributed by atoms with Gasteiger partial charge in [-0.2, -0.15) is 0 Å². The average molecular weight is 209 g/mol. The van der Waals surface area contributed by atoms with Crippen molar-refractivity contribution in [1.29, 1.82) is 0 Å². The Bertz CT molecular complexity index is 425. The van der Waals surface area contributed by atoms with Crippen molar-refractivity contribution in [2.45, 2.75) is 5.92 Å². The van der Waals surface area contributed by atoms with Crippen molar-refractivity contribution in [3.63, 3.8) is 0 Å². The van der Waals surface area contributed by atoms with Crippen LogP contribution < -0.4 is 5.73 Å². The molecule has 5 heteroatoms. The molecular formula is C9H11N3OS. The van der Waals surface area contributed by atoms with Gasteiger partial charge in [-0.1, -0.05) is 0 Å². The van der Waals surface area contributed by atoms with Gasteiger partial charge in [-0.3, -0.25) is 0 Å². The van der Waals surface area contributed by atoms with E-state index >= 15 is 0 Å². The Balaban J connectivity index is 2.54. The Kier molecular flexibility index (Phi) is 2.72. The lowest BCUT2D eigenvalue weighted by atomic mass is 10.0. The van der Waals surface area contributed by atoms with Crippen LogP contribution in [0.5, 0.6) is 0 Å². The molecule has 0 fully saturated rings. The molecule has 0 aliphatic carbocycles. The second kappa shape index (κ2) is 4.00. The number of fused-ring (bicyclic) bond motifs is 1. The molecule has 0 amide bonds. The van der Waals surface area contributed by atoms with Crippen molar-refractivity contribution < 1.29 is 5.11 Å². The zero-order valence-corrected chi connectivity index (χ0v) is 8.37. The van der Waals surface area contributed by atoms with Crippen LogP contribution >= 0.6 is 11.3 Å². The summed E-state index contributed by atoms with van der Waals surface area (Å²) in [5.74, 6) is -0.0879. The Morgan fingerprint density at radius 2 is 2.36 bits per heavy atom. The van der Waals surface area contributed by atoms with E-state index in [1.807, 2.05) is 11.4 Å². The molecule has 0 aliphatic rings. The van der Waals surface area contributed by atoms with Crippen molar-refractivity contribution in [2.24, 2.45) is 5.73 Å². The third-order valence-corrected chi connectivity index (χ3v) is 3.00. The van der Waals surface area contributed by atoms with Crippen LogP contribution in [0.25, 0.3) is 10.2 Å². The van der Waals surface area contributed by atoms with Gasteiger partial charge < -0.3 is 10.8 Å². The molecule has 1 unspecified atom stereocenters. The maximum absolute atomic E-state index is 9.14. The Morgan fingerprint density at radius 3 is 3.07 bits per heavy atom. The number of hydrogen-bond acceptors (Lipinski definition) is 5. The molecule has 1 atom stereocenters. The van der Waals surface area contributed by atoms with Crippen molar-refractivity contribution in [3.8, 4) is 0 Å². The van der Waals surface area contributed by atoms with E-state index in [4.69, 9.17) is 10.8 Å². The third-order valence-electron chi connectivity index (χ3n) is 2.18. The number of nitrogens with zero attached hydrogens (tertiary/aromatic N) is 2. The highest BCUT2D eigenvalue weighted by Crippen LogP contribution is 2.24. The van der Waals surface area contributed by atoms with Gasteiger partial charge in [0.15, 0.2) is 0 Å². The van der Waals surface area contributed by atoms with Gasteiger partial charge in [-0.15, -0.1) is 11.3 Å². The van der Waals surface area contributed by atoms with Crippen LogP contribution in [0.2, 0.25) is 0 Å². The van der Waals surface area contributed by atoms with Crippen LogP contribution in [0.15, 0.2) is 17.8 Å². The minimum absolute atomic E-state index is 0.0262. The molecule has 0 aliphatic heterocycles. The van der Waals surface area contributed by atoms with Crippen LogP contribution in [0.3, 0.4) is 0 Å². The first-order valence-electron chi connectivity index (χ1n) is 4.36. The molecule has 0 aromatic carbocycles. The SMILES string of the molecule is NCC(CO)c1ncnc2sccc12. The molecule has 2 rings (SSSR count). The predicted octanol–water partition coefficient (Wildman–Crippen LogP) is 0.726. The molecule has 3 N–H and O–H groups in total. The van der Waals surface area contributed by atoms with Crippen molar-refractivity contribution in [2.75, 3.05) is 13.2 Å². The maximum Gasteiger partial charge on any atom is 0.126 e. The van der Waals surface area contributed by atoms with E-state index in [0.29, 0.717) is 6.54 Å². The van der Waals surface area contributed by atoms with Crippen LogP contribution in [-0.2, 0) is 0 Å². The number of aliphatic hydroxyl groups excluding tert-OH is 1. The first-order chi connectivity index (χ1) is 6.86. The standard InChI is InChI=1S/C9H11N3OS/c10-3-6(4-13)8-7-1-2-14-9(7)12-5-11-8/h1-2,5-6,13H,3-4,10H2. The molecule has 4 nitrogen and oxygen atoms in total. The number of thiophene rings is 1. The summed E-state index contributed by atoms with van der Waals surface area (Å²) in [5.41, 5.74) is 6.41. The molecule has 0 bridgehead atoms. The van der Waals surface area contributed by atoms with Gasteiger partial charge in [0, 0.05) is 17.8 Å². The summed E-state index contributed by atoms with van der Waals surface area (Å²) in [6.07, 6.45) is 1.52. The van der Waals surface area contributed by atoms with Gasteiger partial charge in [-0.05, 0) is 11.4 Å². The molecule has 2 aromatic heterocycles. The van der Waals surface area contributed by atoms with E-state index in [1.165, 1.54) is 6.33 Å². The molecule has 0 saturated heterocycles. The first-order valence-corrected chi connectivity index (χ1v) is 5.23. The van der Waals surface area contributed by atoms with E-state index in [2.05, 4.69) is 9.97 Å². The number of hydrogen-bond donors (Lipinski definition) is 2. The van der Waals surface area contributed by atoms with Gasteiger partial charge in [0.25, 0.3) is 0 Å². The first kappa shape index (κ1) is 9.51. The fourth-order valence-electron chi connectivity index (χ4n) is 1.41. The van der Waals surface area contributed by atoms with Crippen LogP contribution in [0, 0.1) is 0 Å².